The van der Waals surface area contributed by atoms with Crippen LogP contribution in [-0.2, 0) is 9.53 Å². The molecule has 0 aliphatic carbocycles. The molecule has 1 saturated heterocycles. The van der Waals surface area contributed by atoms with Crippen molar-refractivity contribution in [3.63, 3.8) is 0 Å². The number of carbonyl (C=O) groups is 2. The smallest absolute Gasteiger partial charge is 0.410 e. The van der Waals surface area contributed by atoms with E-state index in [0.717, 1.165) is 12.8 Å². The minimum absolute atomic E-state index is 0.125. The molecule has 2 atom stereocenters. The van der Waals surface area contributed by atoms with Crippen LogP contribution in [0.25, 0.3) is 0 Å². The molecule has 2 amide bonds. The van der Waals surface area contributed by atoms with Crippen LogP contribution in [0.2, 0.25) is 0 Å². The predicted octanol–water partition coefficient (Wildman–Crippen LogP) is 1.11. The molecule has 1 rings (SSSR count). The van der Waals surface area contributed by atoms with Gasteiger partial charge in [0.15, 0.2) is 0 Å². The Bertz CT molecular complexity index is 357. The third-order valence-corrected chi connectivity index (χ3v) is 3.07. The number of nitrogens with two attached hydrogens (primary N) is 1. The second-order valence-corrected chi connectivity index (χ2v) is 4.81. The number of amides is 2. The summed E-state index contributed by atoms with van der Waals surface area (Å²) in [5.74, 6) is -0.526. The van der Waals surface area contributed by atoms with Crippen molar-refractivity contribution in [2.75, 3.05) is 13.2 Å². The molecule has 2 N–H and O–H groups in total. The number of ether oxygens (including phenoxy) is 1. The Hall–Kier alpha value is -1.43. The lowest BCUT2D eigenvalue weighted by Gasteiger charge is -2.35. The van der Waals surface area contributed by atoms with Crippen LogP contribution in [-0.4, -0.2) is 41.3 Å². The van der Waals surface area contributed by atoms with Gasteiger partial charge in [-0.15, -0.1) is 0 Å². The topological polar surface area (TPSA) is 72.6 Å². The minimum Gasteiger partial charge on any atom is -0.445 e. The first-order chi connectivity index (χ1) is 8.54. The zero-order chi connectivity index (χ0) is 13.5. The average molecular weight is 270 g/mol. The maximum atomic E-state index is 11.8. The van der Waals surface area contributed by atoms with Crippen molar-refractivity contribution in [3.05, 3.63) is 24.8 Å². The van der Waals surface area contributed by atoms with Gasteiger partial charge >= 0.3 is 6.09 Å². The lowest BCUT2D eigenvalue weighted by Crippen LogP contribution is -2.47. The predicted molar refractivity (Wildman–Crippen MR) is 72.4 cm³/mol. The fourth-order valence-corrected chi connectivity index (χ4v) is 2.13. The van der Waals surface area contributed by atoms with Gasteiger partial charge in [0.05, 0.1) is 6.04 Å². The second kappa shape index (κ2) is 7.10. The van der Waals surface area contributed by atoms with Gasteiger partial charge in [0.25, 0.3) is 0 Å². The molecule has 0 spiro atoms. The second-order valence-electron chi connectivity index (χ2n) is 4.08. The van der Waals surface area contributed by atoms with Gasteiger partial charge in [-0.25, -0.2) is 4.79 Å². The van der Waals surface area contributed by atoms with Gasteiger partial charge in [0.1, 0.15) is 6.61 Å². The molecule has 0 bridgehead atoms. The zero-order valence-corrected chi connectivity index (χ0v) is 11.0. The molecule has 0 unspecified atom stereocenters. The quantitative estimate of drug-likeness (QED) is 0.457. The third-order valence-electron chi connectivity index (χ3n) is 2.65. The summed E-state index contributed by atoms with van der Waals surface area (Å²) < 4.78 is 5.00. The largest absolute Gasteiger partial charge is 0.445 e. The molecule has 1 heterocycles. The van der Waals surface area contributed by atoms with Crippen molar-refractivity contribution < 1.29 is 14.3 Å². The van der Waals surface area contributed by atoms with Crippen LogP contribution in [0.4, 0.5) is 4.79 Å². The van der Waals surface area contributed by atoms with Gasteiger partial charge < -0.3 is 15.4 Å². The summed E-state index contributed by atoms with van der Waals surface area (Å²) >= 11 is 4.37. The molecule has 0 radical (unpaired) electrons. The van der Waals surface area contributed by atoms with Crippen molar-refractivity contribution in [1.29, 1.82) is 0 Å². The Morgan fingerprint density at radius 1 is 1.50 bits per heavy atom. The molecular weight excluding hydrogens is 252 g/mol. The maximum absolute atomic E-state index is 11.8. The van der Waals surface area contributed by atoms with E-state index in [1.165, 1.54) is 12.2 Å². The maximum Gasteiger partial charge on any atom is 0.410 e. The molecule has 1 fully saturated rings. The van der Waals surface area contributed by atoms with E-state index in [4.69, 9.17) is 10.5 Å². The fraction of sp³-hybridized carbons (Fsp3) is 0.500. The summed E-state index contributed by atoms with van der Waals surface area (Å²) in [6.07, 6.45) is 5.61. The number of primary amides is 1. The van der Waals surface area contributed by atoms with Gasteiger partial charge in [-0.05, 0) is 12.8 Å². The van der Waals surface area contributed by atoms with E-state index in [1.807, 2.05) is 0 Å². The van der Waals surface area contributed by atoms with E-state index in [9.17, 15) is 9.59 Å². The van der Waals surface area contributed by atoms with Crippen LogP contribution in [0.15, 0.2) is 24.8 Å². The first kappa shape index (κ1) is 14.6. The summed E-state index contributed by atoms with van der Waals surface area (Å²) in [6.45, 7) is 4.14. The lowest BCUT2D eigenvalue weighted by atomic mass is 10.0. The Kier molecular flexibility index (Phi) is 5.77. The van der Waals surface area contributed by atoms with Gasteiger partial charge in [-0.3, -0.25) is 4.79 Å². The van der Waals surface area contributed by atoms with Crippen LogP contribution in [0.5, 0.6) is 0 Å². The van der Waals surface area contributed by atoms with Crippen molar-refractivity contribution in [2.45, 2.75) is 24.1 Å². The third kappa shape index (κ3) is 4.44. The first-order valence-corrected chi connectivity index (χ1v) is 6.26. The first-order valence-electron chi connectivity index (χ1n) is 5.74. The van der Waals surface area contributed by atoms with E-state index in [1.54, 1.807) is 11.0 Å². The van der Waals surface area contributed by atoms with E-state index < -0.39 is 12.0 Å². The lowest BCUT2D eigenvalue weighted by molar-refractivity contribution is -0.113. The highest BCUT2D eigenvalue weighted by atomic mass is 32.1. The van der Waals surface area contributed by atoms with E-state index in [0.29, 0.717) is 6.54 Å². The Morgan fingerprint density at radius 2 is 2.22 bits per heavy atom. The Labute approximate surface area is 112 Å². The number of hydrogen-bond donors (Lipinski definition) is 2. The van der Waals surface area contributed by atoms with Crippen LogP contribution < -0.4 is 5.73 Å². The number of likely N-dealkylation sites (tertiary alicyclic amines) is 1. The normalized spacial score (nSPS) is 23.9. The van der Waals surface area contributed by atoms with Crippen LogP contribution in [0.1, 0.15) is 12.8 Å². The molecule has 0 aromatic carbocycles. The molecule has 1 aliphatic heterocycles. The van der Waals surface area contributed by atoms with Crippen LogP contribution >= 0.6 is 12.6 Å². The summed E-state index contributed by atoms with van der Waals surface area (Å²) in [7, 11) is 0. The minimum atomic E-state index is -0.526. The van der Waals surface area contributed by atoms with Gasteiger partial charge in [-0.2, -0.15) is 12.6 Å². The Morgan fingerprint density at radius 3 is 2.83 bits per heavy atom. The summed E-state index contributed by atoms with van der Waals surface area (Å²) in [4.78, 5) is 24.1. The number of thiol groups is 1. The molecule has 100 valence electrons. The number of rotatable bonds is 4. The molecule has 1 aliphatic rings. The van der Waals surface area contributed by atoms with Crippen molar-refractivity contribution in [3.8, 4) is 0 Å². The van der Waals surface area contributed by atoms with E-state index >= 15 is 0 Å². The average Bonchev–Trinajstić information content (AvgIpc) is 2.34. The highest BCUT2D eigenvalue weighted by Gasteiger charge is 2.29. The van der Waals surface area contributed by atoms with Crippen molar-refractivity contribution in [2.24, 2.45) is 5.73 Å². The highest BCUT2D eigenvalue weighted by Crippen LogP contribution is 2.22. The molecule has 0 aromatic heterocycles. The number of carbonyl (C=O) groups excluding carboxylic acids is 2. The Balaban J connectivity index is 2.69. The number of piperidine rings is 1. The molecule has 18 heavy (non-hydrogen) atoms. The van der Waals surface area contributed by atoms with E-state index in [2.05, 4.69) is 19.2 Å². The summed E-state index contributed by atoms with van der Waals surface area (Å²) in [6, 6.07) is -0.168. The summed E-state index contributed by atoms with van der Waals surface area (Å²) in [5, 5.41) is 0.125. The molecule has 5 nitrogen and oxygen atoms in total. The summed E-state index contributed by atoms with van der Waals surface area (Å²) in [5.41, 5.74) is 5.05. The fourth-order valence-electron chi connectivity index (χ4n) is 1.80. The molecule has 0 saturated carbocycles. The van der Waals surface area contributed by atoms with E-state index in [-0.39, 0.29) is 17.9 Å². The van der Waals surface area contributed by atoms with Gasteiger partial charge in [0.2, 0.25) is 5.91 Å². The molecular formula is C12H18N2O3S. The monoisotopic (exact) mass is 270 g/mol. The number of nitrogens with zero attached hydrogens (tertiary/aromatic N) is 1. The highest BCUT2D eigenvalue weighted by molar-refractivity contribution is 7.81. The molecule has 6 heteroatoms. The van der Waals surface area contributed by atoms with Crippen molar-refractivity contribution in [1.82, 2.24) is 4.90 Å². The standard InChI is InChI=1S/C12H18N2O3S/c1-2-7-17-12(16)14-8-10(18)5-3-9(14)4-6-11(13)15/h2,4,6,9-10,18H,1,3,5,7-8H2,(H2,13,15)/t9-,10+/m1/s1. The van der Waals surface area contributed by atoms with Gasteiger partial charge in [0, 0.05) is 17.9 Å². The SMILES string of the molecule is C=CCOC(=O)N1C[C@@H](S)CC[C@@H]1C=CC(N)=O. The van der Waals surface area contributed by atoms with Gasteiger partial charge in [-0.1, -0.05) is 18.7 Å². The zero-order valence-electron chi connectivity index (χ0n) is 10.1. The molecule has 0 aromatic rings. The number of hydrogen-bond acceptors (Lipinski definition) is 4. The van der Waals surface area contributed by atoms with Crippen LogP contribution in [0.3, 0.4) is 0 Å². The van der Waals surface area contributed by atoms with Crippen molar-refractivity contribution >= 4 is 24.6 Å². The van der Waals surface area contributed by atoms with Crippen LogP contribution in [0, 0.1) is 0 Å².